The van der Waals surface area contributed by atoms with Gasteiger partial charge in [0.2, 0.25) is 0 Å². The first-order chi connectivity index (χ1) is 18.2. The molecule has 5 nitrogen and oxygen atoms in total. The van der Waals surface area contributed by atoms with Crippen molar-refractivity contribution in [2.45, 2.75) is 97.9 Å². The zero-order chi connectivity index (χ0) is 27.4. The summed E-state index contributed by atoms with van der Waals surface area (Å²) in [7, 11) is 0. The van der Waals surface area contributed by atoms with Gasteiger partial charge in [-0.25, -0.2) is 4.79 Å². The molecular weight excluding hydrogens is 490 g/mol. The van der Waals surface area contributed by atoms with E-state index in [9.17, 15) is 4.79 Å². The van der Waals surface area contributed by atoms with Crippen molar-refractivity contribution in [3.63, 3.8) is 0 Å². The van der Waals surface area contributed by atoms with Crippen LogP contribution in [0.5, 0.6) is 5.75 Å². The minimum Gasteiger partial charge on any atom is -0.493 e. The predicted octanol–water partition coefficient (Wildman–Crippen LogP) is 9.52. The lowest BCUT2D eigenvalue weighted by Crippen LogP contribution is -2.20. The van der Waals surface area contributed by atoms with Gasteiger partial charge in [0.15, 0.2) is 0 Å². The quantitative estimate of drug-likeness (QED) is 0.236. The molecule has 0 saturated carbocycles. The molecule has 0 aliphatic carbocycles. The van der Waals surface area contributed by atoms with E-state index < -0.39 is 0 Å². The van der Waals surface area contributed by atoms with Gasteiger partial charge in [0, 0.05) is 30.2 Å². The fraction of sp³-hybridized carbons (Fsp3) is 0.531. The third-order valence-corrected chi connectivity index (χ3v) is 7.72. The Labute approximate surface area is 234 Å². The van der Waals surface area contributed by atoms with Crippen LogP contribution in [0.1, 0.15) is 97.1 Å². The molecule has 1 aliphatic rings. The molecule has 6 heteroatoms. The summed E-state index contributed by atoms with van der Waals surface area (Å²) < 4.78 is 6.25. The maximum Gasteiger partial charge on any atom is 0.323 e. The maximum atomic E-state index is 12.8. The number of unbranched alkanes of at least 4 members (excludes halogenated alkanes) is 7. The maximum absolute atomic E-state index is 12.8. The predicted molar refractivity (Wildman–Crippen MR) is 164 cm³/mol. The minimum absolute atomic E-state index is 0.0442. The molecule has 1 heterocycles. The molecule has 0 fully saturated rings. The highest BCUT2D eigenvalue weighted by Gasteiger charge is 2.20. The van der Waals surface area contributed by atoms with Crippen LogP contribution in [-0.2, 0) is 12.0 Å². The molecule has 2 aromatic rings. The Hall–Kier alpha value is -2.60. The monoisotopic (exact) mass is 537 g/mol. The van der Waals surface area contributed by atoms with Crippen LogP contribution >= 0.6 is 11.8 Å². The molecule has 2 amide bonds. The second-order valence-electron chi connectivity index (χ2n) is 11.3. The number of amides is 2. The summed E-state index contributed by atoms with van der Waals surface area (Å²) in [5, 5.41) is 5.97. The Bertz CT molecular complexity index is 1060. The van der Waals surface area contributed by atoms with Gasteiger partial charge in [0.05, 0.1) is 12.5 Å². The summed E-state index contributed by atoms with van der Waals surface area (Å²) in [6.07, 6.45) is 12.4. The largest absolute Gasteiger partial charge is 0.493 e. The van der Waals surface area contributed by atoms with Crippen molar-refractivity contribution in [3.05, 3.63) is 64.7 Å². The zero-order valence-corrected chi connectivity index (χ0v) is 24.9. The van der Waals surface area contributed by atoms with Crippen LogP contribution in [0, 0.1) is 0 Å². The van der Waals surface area contributed by atoms with E-state index in [1.807, 2.05) is 42.1 Å². The molecular formula is C32H47N3O2S. The summed E-state index contributed by atoms with van der Waals surface area (Å²) in [4.78, 5) is 16.4. The van der Waals surface area contributed by atoms with E-state index in [1.165, 1.54) is 55.4 Å². The van der Waals surface area contributed by atoms with E-state index in [1.54, 1.807) is 0 Å². The van der Waals surface area contributed by atoms with Crippen LogP contribution in [0.3, 0.4) is 0 Å². The number of hydrogen-bond donors (Lipinski definition) is 2. The molecule has 2 N–H and O–H groups in total. The number of benzene rings is 2. The second kappa shape index (κ2) is 15.1. The average molecular weight is 538 g/mol. The van der Waals surface area contributed by atoms with Gasteiger partial charge in [0.25, 0.3) is 0 Å². The Kier molecular flexibility index (Phi) is 11.9. The van der Waals surface area contributed by atoms with Crippen molar-refractivity contribution in [2.24, 2.45) is 0 Å². The number of carbonyl (C=O) groups excluding carboxylic acids is 1. The van der Waals surface area contributed by atoms with Gasteiger partial charge in [-0.2, -0.15) is 0 Å². The molecule has 0 spiro atoms. The van der Waals surface area contributed by atoms with Crippen LogP contribution in [0.15, 0.2) is 53.6 Å². The number of anilines is 2. The molecule has 1 aliphatic heterocycles. The van der Waals surface area contributed by atoms with Gasteiger partial charge < -0.3 is 20.3 Å². The molecule has 0 radical (unpaired) electrons. The fourth-order valence-electron chi connectivity index (χ4n) is 4.64. The van der Waals surface area contributed by atoms with E-state index in [0.717, 1.165) is 41.5 Å². The van der Waals surface area contributed by atoms with Crippen molar-refractivity contribution in [1.82, 2.24) is 4.90 Å². The Balaban J connectivity index is 1.53. The SMILES string of the molecule is CCCCCCCCCCOc1cc(NC(=O)Nc2cccc(CN3C=C(C)SC3)c2)ccc1C(C)(C)C. The summed E-state index contributed by atoms with van der Waals surface area (Å²) >= 11 is 1.85. The van der Waals surface area contributed by atoms with Crippen molar-refractivity contribution < 1.29 is 9.53 Å². The van der Waals surface area contributed by atoms with E-state index in [4.69, 9.17) is 4.74 Å². The molecule has 38 heavy (non-hydrogen) atoms. The van der Waals surface area contributed by atoms with Crippen molar-refractivity contribution in [2.75, 3.05) is 23.1 Å². The van der Waals surface area contributed by atoms with E-state index in [2.05, 4.69) is 68.5 Å². The molecule has 0 aromatic heterocycles. The molecule has 0 unspecified atom stereocenters. The van der Waals surface area contributed by atoms with Crippen LogP contribution in [0.2, 0.25) is 0 Å². The lowest BCUT2D eigenvalue weighted by Gasteiger charge is -2.23. The summed E-state index contributed by atoms with van der Waals surface area (Å²) in [6.45, 7) is 12.5. The Morgan fingerprint density at radius 2 is 1.63 bits per heavy atom. The van der Waals surface area contributed by atoms with Crippen molar-refractivity contribution in [3.8, 4) is 5.75 Å². The number of nitrogens with zero attached hydrogens (tertiary/aromatic N) is 1. The van der Waals surface area contributed by atoms with Gasteiger partial charge in [-0.15, -0.1) is 11.8 Å². The number of nitrogens with one attached hydrogen (secondary N) is 2. The summed E-state index contributed by atoms with van der Waals surface area (Å²) in [5.74, 6) is 1.82. The Morgan fingerprint density at radius 3 is 2.29 bits per heavy atom. The molecule has 0 saturated heterocycles. The molecule has 0 bridgehead atoms. The smallest absolute Gasteiger partial charge is 0.323 e. The number of thioether (sulfide) groups is 1. The number of carbonyl (C=O) groups is 1. The highest BCUT2D eigenvalue weighted by atomic mass is 32.2. The highest BCUT2D eigenvalue weighted by Crippen LogP contribution is 2.34. The summed E-state index contributed by atoms with van der Waals surface area (Å²) in [5.41, 5.74) is 3.79. The van der Waals surface area contributed by atoms with Gasteiger partial charge >= 0.3 is 6.03 Å². The lowest BCUT2D eigenvalue weighted by atomic mass is 9.86. The van der Waals surface area contributed by atoms with Crippen LogP contribution in [0.4, 0.5) is 16.2 Å². The molecule has 0 atom stereocenters. The van der Waals surface area contributed by atoms with Crippen LogP contribution in [-0.4, -0.2) is 23.4 Å². The zero-order valence-electron chi connectivity index (χ0n) is 24.1. The summed E-state index contributed by atoms with van der Waals surface area (Å²) in [6, 6.07) is 13.8. The van der Waals surface area contributed by atoms with Gasteiger partial charge in [-0.3, -0.25) is 0 Å². The molecule has 2 aromatic carbocycles. The number of rotatable bonds is 14. The van der Waals surface area contributed by atoms with Gasteiger partial charge in [-0.1, -0.05) is 90.8 Å². The second-order valence-corrected chi connectivity index (χ2v) is 12.5. The third-order valence-electron chi connectivity index (χ3n) is 6.70. The Morgan fingerprint density at radius 1 is 0.947 bits per heavy atom. The number of hydrogen-bond acceptors (Lipinski definition) is 4. The fourth-order valence-corrected chi connectivity index (χ4v) is 5.40. The van der Waals surface area contributed by atoms with Crippen molar-refractivity contribution >= 4 is 29.2 Å². The van der Waals surface area contributed by atoms with Gasteiger partial charge in [0.1, 0.15) is 5.75 Å². The highest BCUT2D eigenvalue weighted by molar-refractivity contribution is 8.03. The first kappa shape index (κ1) is 29.9. The molecule has 208 valence electrons. The van der Waals surface area contributed by atoms with E-state index >= 15 is 0 Å². The van der Waals surface area contributed by atoms with Crippen molar-refractivity contribution in [1.29, 1.82) is 0 Å². The van der Waals surface area contributed by atoms with Crippen LogP contribution in [0.25, 0.3) is 0 Å². The topological polar surface area (TPSA) is 53.6 Å². The van der Waals surface area contributed by atoms with E-state index in [-0.39, 0.29) is 11.4 Å². The third kappa shape index (κ3) is 10.3. The number of urea groups is 1. The van der Waals surface area contributed by atoms with Crippen LogP contribution < -0.4 is 15.4 Å². The lowest BCUT2D eigenvalue weighted by molar-refractivity contribution is 0.262. The normalized spacial score (nSPS) is 13.4. The standard InChI is InChI=1S/C32H47N3O2S/c1-6-7-8-9-10-11-12-13-19-37-30-21-28(17-18-29(30)32(3,4)5)34-31(36)33-27-16-14-15-26(20-27)23-35-22-25(2)38-24-35/h14-18,20-22H,6-13,19,23-24H2,1-5H3,(H2,33,34,36). The minimum atomic E-state index is -0.257. The molecule has 3 rings (SSSR count). The number of allylic oxidation sites excluding steroid dienone is 1. The first-order valence-electron chi connectivity index (χ1n) is 14.2. The average Bonchev–Trinajstić information content (AvgIpc) is 3.26. The first-order valence-corrected chi connectivity index (χ1v) is 15.2. The van der Waals surface area contributed by atoms with E-state index in [0.29, 0.717) is 6.61 Å². The number of ether oxygens (including phenoxy) is 1. The van der Waals surface area contributed by atoms with Gasteiger partial charge in [-0.05, 0) is 53.0 Å².